The zero-order chi connectivity index (χ0) is 26.7. The van der Waals surface area contributed by atoms with E-state index in [1.165, 1.54) is 17.9 Å². The van der Waals surface area contributed by atoms with Crippen LogP contribution < -0.4 is 5.32 Å². The third-order valence-electron chi connectivity index (χ3n) is 6.66. The summed E-state index contributed by atoms with van der Waals surface area (Å²) in [5.74, 6) is -2.14. The van der Waals surface area contributed by atoms with Gasteiger partial charge in [-0.2, -0.15) is 0 Å². The van der Waals surface area contributed by atoms with Crippen LogP contribution in [0.2, 0.25) is 5.02 Å². The van der Waals surface area contributed by atoms with Crippen LogP contribution in [0.1, 0.15) is 31.2 Å². The zero-order valence-corrected chi connectivity index (χ0v) is 21.7. The van der Waals surface area contributed by atoms with E-state index in [0.717, 1.165) is 11.7 Å². The van der Waals surface area contributed by atoms with E-state index in [0.29, 0.717) is 10.6 Å². The Hall–Kier alpha value is -2.11. The van der Waals surface area contributed by atoms with Crippen molar-refractivity contribution >= 4 is 33.3 Å². The number of halogens is 4. The molecule has 0 spiro atoms. The number of nitrogens with zero attached hydrogens (tertiary/aromatic N) is 2. The number of nitrogens with one attached hydrogen (secondary N) is 1. The molecule has 0 radical (unpaired) electrons. The topological polar surface area (TPSA) is 86.8 Å². The van der Waals surface area contributed by atoms with Gasteiger partial charge in [-0.15, -0.1) is 0 Å². The maximum atomic E-state index is 15.4. The van der Waals surface area contributed by atoms with Gasteiger partial charge in [-0.1, -0.05) is 35.9 Å². The van der Waals surface area contributed by atoms with E-state index in [4.69, 9.17) is 11.6 Å². The number of sulfone groups is 1. The Kier molecular flexibility index (Phi) is 9.11. The lowest BCUT2D eigenvalue weighted by atomic mass is 9.86. The third-order valence-corrected chi connectivity index (χ3v) is 7.66. The molecule has 1 aromatic carbocycles. The summed E-state index contributed by atoms with van der Waals surface area (Å²) in [6.45, 7) is 1.47. The maximum Gasteiger partial charge on any atom is 0.258 e. The predicted octanol–water partition coefficient (Wildman–Crippen LogP) is 3.01. The Bertz CT molecular complexity index is 1090. The molecule has 0 saturated carbocycles. The molecule has 2 fully saturated rings. The van der Waals surface area contributed by atoms with Gasteiger partial charge in [-0.3, -0.25) is 14.5 Å². The highest BCUT2D eigenvalue weighted by atomic mass is 35.5. The molecule has 36 heavy (non-hydrogen) atoms. The Labute approximate surface area is 214 Å². The Morgan fingerprint density at radius 1 is 1.22 bits per heavy atom. The molecule has 2 saturated heterocycles. The second kappa shape index (κ2) is 11.5. The molecule has 3 atom stereocenters. The van der Waals surface area contributed by atoms with Crippen LogP contribution in [-0.2, 0) is 19.4 Å². The van der Waals surface area contributed by atoms with E-state index in [9.17, 15) is 26.8 Å². The van der Waals surface area contributed by atoms with Crippen LogP contribution in [0.4, 0.5) is 13.2 Å². The number of hydrogen-bond acceptors (Lipinski definition) is 5. The van der Waals surface area contributed by atoms with Gasteiger partial charge in [0.15, 0.2) is 15.5 Å². The van der Waals surface area contributed by atoms with Crippen molar-refractivity contribution in [2.75, 3.05) is 39.0 Å². The van der Waals surface area contributed by atoms with Crippen LogP contribution in [0.25, 0.3) is 0 Å². The Morgan fingerprint density at radius 2 is 1.86 bits per heavy atom. The molecule has 7 nitrogen and oxygen atoms in total. The second-order valence-corrected chi connectivity index (χ2v) is 11.9. The number of hydrogen-bond donors (Lipinski definition) is 1. The molecule has 12 heteroatoms. The standard InChI is InChI=1S/C24H31ClF3N3O4S/c1-16(7-12-36(2,34)35)29-23(33)24(28)8-10-31(11-9-24)22(32)19-14-30(15-21(26)27)13-18(19)17-5-3-4-6-20(17)25/h3-7,12,16,18-19,21H,8-11,13-15H2,1-2H3,(H,29,33)/b12-7-/t16-,18+,19+/m1/s1. The summed E-state index contributed by atoms with van der Waals surface area (Å²) in [4.78, 5) is 29.0. The highest BCUT2D eigenvalue weighted by molar-refractivity contribution is 7.93. The lowest BCUT2D eigenvalue weighted by molar-refractivity contribution is -0.144. The number of rotatable bonds is 8. The van der Waals surface area contributed by atoms with Crippen molar-refractivity contribution in [2.45, 2.75) is 43.8 Å². The van der Waals surface area contributed by atoms with Crippen molar-refractivity contribution in [1.29, 1.82) is 0 Å². The highest BCUT2D eigenvalue weighted by Crippen LogP contribution is 2.38. The zero-order valence-electron chi connectivity index (χ0n) is 20.2. The van der Waals surface area contributed by atoms with Crippen LogP contribution in [0.3, 0.4) is 0 Å². The second-order valence-electron chi connectivity index (χ2n) is 9.55. The smallest absolute Gasteiger partial charge is 0.258 e. The quantitative estimate of drug-likeness (QED) is 0.539. The van der Waals surface area contributed by atoms with E-state index >= 15 is 4.39 Å². The largest absolute Gasteiger partial charge is 0.347 e. The summed E-state index contributed by atoms with van der Waals surface area (Å²) in [7, 11) is -3.38. The van der Waals surface area contributed by atoms with Gasteiger partial charge in [-0.05, 0) is 18.6 Å². The van der Waals surface area contributed by atoms with Gasteiger partial charge in [0.2, 0.25) is 5.91 Å². The first-order chi connectivity index (χ1) is 16.8. The minimum Gasteiger partial charge on any atom is -0.347 e. The number of carbonyl (C=O) groups is 2. The molecule has 2 amide bonds. The van der Waals surface area contributed by atoms with Crippen LogP contribution >= 0.6 is 11.6 Å². The summed E-state index contributed by atoms with van der Waals surface area (Å²) in [5.41, 5.74) is -1.50. The number of alkyl halides is 3. The van der Waals surface area contributed by atoms with Gasteiger partial charge in [0.25, 0.3) is 12.3 Å². The van der Waals surface area contributed by atoms with Crippen molar-refractivity contribution in [3.8, 4) is 0 Å². The van der Waals surface area contributed by atoms with Crippen molar-refractivity contribution in [3.05, 3.63) is 46.3 Å². The van der Waals surface area contributed by atoms with Gasteiger partial charge >= 0.3 is 0 Å². The van der Waals surface area contributed by atoms with Crippen molar-refractivity contribution in [3.63, 3.8) is 0 Å². The van der Waals surface area contributed by atoms with Gasteiger partial charge in [0.1, 0.15) is 0 Å². The number of amides is 2. The molecular weight excluding hydrogens is 519 g/mol. The molecule has 1 aromatic rings. The summed E-state index contributed by atoms with van der Waals surface area (Å²) < 4.78 is 64.0. The van der Waals surface area contributed by atoms with Crippen molar-refractivity contribution < 1.29 is 31.2 Å². The number of benzene rings is 1. The molecule has 2 heterocycles. The fourth-order valence-corrected chi connectivity index (χ4v) is 5.56. The SMILES string of the molecule is C[C@H](/C=C\S(C)(=O)=O)NC(=O)C1(F)CCN(C(=O)[C@H]2CN(CC(F)F)C[C@H]2c2ccccc2Cl)CC1. The average Bonchev–Trinajstić information content (AvgIpc) is 3.20. The van der Waals surface area contributed by atoms with E-state index in [1.54, 1.807) is 29.2 Å². The number of carbonyl (C=O) groups excluding carboxylic acids is 2. The molecule has 0 aliphatic carbocycles. The fourth-order valence-electron chi connectivity index (χ4n) is 4.76. The van der Waals surface area contributed by atoms with Gasteiger partial charge in [0, 0.05) is 67.7 Å². The molecule has 200 valence electrons. The summed E-state index contributed by atoms with van der Waals surface area (Å²) in [6, 6.07) is 6.31. The molecule has 0 aromatic heterocycles. The lowest BCUT2D eigenvalue weighted by Crippen LogP contribution is -2.54. The molecule has 0 unspecified atom stereocenters. The number of piperidine rings is 1. The van der Waals surface area contributed by atoms with Gasteiger partial charge in [-0.25, -0.2) is 21.6 Å². The van der Waals surface area contributed by atoms with Crippen LogP contribution in [0, 0.1) is 5.92 Å². The van der Waals surface area contributed by atoms with Crippen LogP contribution in [0.5, 0.6) is 0 Å². The van der Waals surface area contributed by atoms with E-state index in [-0.39, 0.29) is 50.8 Å². The summed E-state index contributed by atoms with van der Waals surface area (Å²) in [5, 5.41) is 3.86. The lowest BCUT2D eigenvalue weighted by Gasteiger charge is -2.37. The van der Waals surface area contributed by atoms with Gasteiger partial charge < -0.3 is 10.2 Å². The fraction of sp³-hybridized carbons (Fsp3) is 0.583. The molecular formula is C24H31ClF3N3O4S. The monoisotopic (exact) mass is 549 g/mol. The summed E-state index contributed by atoms with van der Waals surface area (Å²) >= 11 is 6.35. The first-order valence-corrected chi connectivity index (χ1v) is 14.0. The number of likely N-dealkylation sites (tertiary alicyclic amines) is 2. The first kappa shape index (κ1) is 28.5. The van der Waals surface area contributed by atoms with E-state index in [2.05, 4.69) is 5.32 Å². The van der Waals surface area contributed by atoms with Gasteiger partial charge in [0.05, 0.1) is 12.5 Å². The Morgan fingerprint density at radius 3 is 2.44 bits per heavy atom. The van der Waals surface area contributed by atoms with Crippen molar-refractivity contribution in [1.82, 2.24) is 15.1 Å². The minimum absolute atomic E-state index is 0.00307. The molecule has 2 aliphatic heterocycles. The molecule has 3 rings (SSSR count). The normalized spacial score (nSPS) is 23.8. The van der Waals surface area contributed by atoms with E-state index < -0.39 is 46.3 Å². The molecule has 1 N–H and O–H groups in total. The minimum atomic E-state index is -3.38. The highest BCUT2D eigenvalue weighted by Gasteiger charge is 2.46. The van der Waals surface area contributed by atoms with Crippen LogP contribution in [-0.4, -0.2) is 87.1 Å². The first-order valence-electron chi connectivity index (χ1n) is 11.7. The molecule has 0 bridgehead atoms. The molecule has 2 aliphatic rings. The van der Waals surface area contributed by atoms with Crippen LogP contribution in [0.15, 0.2) is 35.7 Å². The third kappa shape index (κ3) is 7.23. The Balaban J connectivity index is 1.67. The average molecular weight is 550 g/mol. The predicted molar refractivity (Wildman–Crippen MR) is 131 cm³/mol. The van der Waals surface area contributed by atoms with E-state index in [1.807, 2.05) is 0 Å². The van der Waals surface area contributed by atoms with Crippen molar-refractivity contribution in [2.24, 2.45) is 5.92 Å². The summed E-state index contributed by atoms with van der Waals surface area (Å²) in [6.07, 6.45) is -0.722. The maximum absolute atomic E-state index is 15.4.